The Bertz CT molecular complexity index is 613. The van der Waals surface area contributed by atoms with Crippen LogP contribution in [0, 0.1) is 9.39 Å². The summed E-state index contributed by atoms with van der Waals surface area (Å²) in [5.74, 6) is -0.474. The minimum atomic E-state index is -0.309. The zero-order chi connectivity index (χ0) is 13.8. The zero-order valence-electron chi connectivity index (χ0n) is 10.4. The number of carbonyl (C=O) groups is 1. The molecule has 0 atom stereocenters. The molecule has 4 heteroatoms. The maximum Gasteiger partial charge on any atom is 0.255 e. The summed E-state index contributed by atoms with van der Waals surface area (Å²) in [4.78, 5) is 12.2. The lowest BCUT2D eigenvalue weighted by Crippen LogP contribution is -2.14. The molecule has 0 radical (unpaired) electrons. The van der Waals surface area contributed by atoms with Crippen LogP contribution in [0.25, 0.3) is 0 Å². The van der Waals surface area contributed by atoms with Crippen molar-refractivity contribution in [2.45, 2.75) is 13.3 Å². The molecule has 0 bridgehead atoms. The molecule has 1 N–H and O–H groups in total. The predicted octanol–water partition coefficient (Wildman–Crippen LogP) is 4.25. The standard InChI is InChI=1S/C15H13FINO/c1-2-10-5-3-4-6-12(10)15(19)18-14-8-7-11(16)9-13(14)17/h3-9H,2H2,1H3,(H,18,19). The number of benzene rings is 2. The third-order valence-electron chi connectivity index (χ3n) is 2.82. The minimum Gasteiger partial charge on any atom is -0.321 e. The van der Waals surface area contributed by atoms with Crippen molar-refractivity contribution in [3.63, 3.8) is 0 Å². The highest BCUT2D eigenvalue weighted by atomic mass is 127. The first kappa shape index (κ1) is 14.0. The van der Waals surface area contributed by atoms with Crippen LogP contribution in [-0.2, 0) is 6.42 Å². The van der Waals surface area contributed by atoms with Crippen LogP contribution in [0.1, 0.15) is 22.8 Å². The molecule has 0 aliphatic heterocycles. The van der Waals surface area contributed by atoms with Gasteiger partial charge >= 0.3 is 0 Å². The van der Waals surface area contributed by atoms with Crippen molar-refractivity contribution in [1.82, 2.24) is 0 Å². The molecule has 0 fully saturated rings. The summed E-state index contributed by atoms with van der Waals surface area (Å²) >= 11 is 2.00. The van der Waals surface area contributed by atoms with E-state index in [9.17, 15) is 9.18 Å². The van der Waals surface area contributed by atoms with E-state index in [0.717, 1.165) is 12.0 Å². The lowest BCUT2D eigenvalue weighted by atomic mass is 10.0. The summed E-state index contributed by atoms with van der Waals surface area (Å²) in [5.41, 5.74) is 2.28. The lowest BCUT2D eigenvalue weighted by molar-refractivity contribution is 0.102. The van der Waals surface area contributed by atoms with Gasteiger partial charge in [-0.1, -0.05) is 25.1 Å². The second-order valence-electron chi connectivity index (χ2n) is 4.09. The number of rotatable bonds is 3. The van der Waals surface area contributed by atoms with Crippen LogP contribution in [0.2, 0.25) is 0 Å². The van der Waals surface area contributed by atoms with Crippen molar-refractivity contribution in [3.8, 4) is 0 Å². The van der Waals surface area contributed by atoms with E-state index < -0.39 is 0 Å². The first-order valence-electron chi connectivity index (χ1n) is 5.96. The third kappa shape index (κ3) is 3.32. The Hall–Kier alpha value is -1.43. The topological polar surface area (TPSA) is 29.1 Å². The van der Waals surface area contributed by atoms with Gasteiger partial charge in [0.2, 0.25) is 0 Å². The molecule has 98 valence electrons. The Balaban J connectivity index is 2.26. The van der Waals surface area contributed by atoms with Gasteiger partial charge in [0, 0.05) is 9.13 Å². The second kappa shape index (κ2) is 6.14. The Morgan fingerprint density at radius 2 is 2.00 bits per heavy atom. The average molecular weight is 369 g/mol. The van der Waals surface area contributed by atoms with Crippen LogP contribution in [0.5, 0.6) is 0 Å². The molecular formula is C15H13FINO. The summed E-state index contributed by atoms with van der Waals surface area (Å²) in [6, 6.07) is 11.8. The number of halogens is 2. The monoisotopic (exact) mass is 369 g/mol. The van der Waals surface area contributed by atoms with Gasteiger partial charge in [-0.05, 0) is 58.8 Å². The second-order valence-corrected chi connectivity index (χ2v) is 5.25. The molecule has 2 rings (SSSR count). The molecule has 0 heterocycles. The number of aryl methyl sites for hydroxylation is 1. The van der Waals surface area contributed by atoms with Gasteiger partial charge in [-0.25, -0.2) is 4.39 Å². The Morgan fingerprint density at radius 3 is 2.68 bits per heavy atom. The normalized spacial score (nSPS) is 10.3. The molecule has 2 nitrogen and oxygen atoms in total. The number of carbonyl (C=O) groups excluding carboxylic acids is 1. The molecule has 1 amide bonds. The van der Waals surface area contributed by atoms with Crippen LogP contribution >= 0.6 is 22.6 Å². The number of hydrogen-bond acceptors (Lipinski definition) is 1. The van der Waals surface area contributed by atoms with Crippen LogP contribution in [0.15, 0.2) is 42.5 Å². The maximum atomic E-state index is 13.0. The van der Waals surface area contributed by atoms with Crippen molar-refractivity contribution in [2.24, 2.45) is 0 Å². The molecule has 0 aromatic heterocycles. The number of nitrogens with one attached hydrogen (secondary N) is 1. The molecular weight excluding hydrogens is 356 g/mol. The molecule has 19 heavy (non-hydrogen) atoms. The molecule has 0 aliphatic carbocycles. The molecule has 0 unspecified atom stereocenters. The summed E-state index contributed by atoms with van der Waals surface area (Å²) in [6.45, 7) is 2.01. The van der Waals surface area contributed by atoms with Crippen molar-refractivity contribution < 1.29 is 9.18 Å². The number of amides is 1. The van der Waals surface area contributed by atoms with Gasteiger partial charge in [0.25, 0.3) is 5.91 Å². The number of anilines is 1. The van der Waals surface area contributed by atoms with E-state index in [1.54, 1.807) is 12.1 Å². The van der Waals surface area contributed by atoms with Crippen molar-refractivity contribution in [2.75, 3.05) is 5.32 Å². The molecule has 0 aliphatic rings. The van der Waals surface area contributed by atoms with Crippen molar-refractivity contribution in [1.29, 1.82) is 0 Å². The highest BCUT2D eigenvalue weighted by Crippen LogP contribution is 2.20. The fourth-order valence-electron chi connectivity index (χ4n) is 1.83. The fraction of sp³-hybridized carbons (Fsp3) is 0.133. The van der Waals surface area contributed by atoms with Gasteiger partial charge in [-0.3, -0.25) is 4.79 Å². The van der Waals surface area contributed by atoms with Crippen LogP contribution in [-0.4, -0.2) is 5.91 Å². The van der Waals surface area contributed by atoms with Crippen LogP contribution in [0.4, 0.5) is 10.1 Å². The maximum absolute atomic E-state index is 13.0. The third-order valence-corrected chi connectivity index (χ3v) is 3.71. The first-order chi connectivity index (χ1) is 9.11. The SMILES string of the molecule is CCc1ccccc1C(=O)Nc1ccc(F)cc1I. The van der Waals surface area contributed by atoms with Gasteiger partial charge in [-0.2, -0.15) is 0 Å². The summed E-state index contributed by atoms with van der Waals surface area (Å²) in [7, 11) is 0. The summed E-state index contributed by atoms with van der Waals surface area (Å²) in [6.07, 6.45) is 0.796. The van der Waals surface area contributed by atoms with Gasteiger partial charge in [-0.15, -0.1) is 0 Å². The van der Waals surface area contributed by atoms with Gasteiger partial charge in [0.05, 0.1) is 5.69 Å². The number of hydrogen-bond donors (Lipinski definition) is 1. The highest BCUT2D eigenvalue weighted by Gasteiger charge is 2.11. The Labute approximate surface area is 125 Å². The van der Waals surface area contributed by atoms with Crippen molar-refractivity contribution in [3.05, 3.63) is 63.0 Å². The smallest absolute Gasteiger partial charge is 0.255 e. The quantitative estimate of drug-likeness (QED) is 0.806. The Kier molecular flexibility index (Phi) is 4.52. The van der Waals surface area contributed by atoms with E-state index in [0.29, 0.717) is 14.8 Å². The molecule has 0 spiro atoms. The summed E-state index contributed by atoms with van der Waals surface area (Å²) < 4.78 is 13.7. The van der Waals surface area contributed by atoms with Gasteiger partial charge < -0.3 is 5.32 Å². The van der Waals surface area contributed by atoms with E-state index in [4.69, 9.17) is 0 Å². The van der Waals surface area contributed by atoms with Crippen LogP contribution in [0.3, 0.4) is 0 Å². The highest BCUT2D eigenvalue weighted by molar-refractivity contribution is 14.1. The molecule has 0 saturated heterocycles. The van der Waals surface area contributed by atoms with Crippen molar-refractivity contribution >= 4 is 34.2 Å². The van der Waals surface area contributed by atoms with E-state index in [2.05, 4.69) is 5.32 Å². The summed E-state index contributed by atoms with van der Waals surface area (Å²) in [5, 5.41) is 2.82. The zero-order valence-corrected chi connectivity index (χ0v) is 12.6. The van der Waals surface area contributed by atoms with Gasteiger partial charge in [0.15, 0.2) is 0 Å². The lowest BCUT2D eigenvalue weighted by Gasteiger charge is -2.10. The van der Waals surface area contributed by atoms with E-state index in [1.165, 1.54) is 12.1 Å². The molecule has 0 saturated carbocycles. The van der Waals surface area contributed by atoms with E-state index in [-0.39, 0.29) is 11.7 Å². The molecule has 2 aromatic carbocycles. The fourth-order valence-corrected chi connectivity index (χ4v) is 2.44. The van der Waals surface area contributed by atoms with Crippen LogP contribution < -0.4 is 5.32 Å². The molecule has 2 aromatic rings. The average Bonchev–Trinajstić information content (AvgIpc) is 2.41. The van der Waals surface area contributed by atoms with E-state index in [1.807, 2.05) is 47.7 Å². The predicted molar refractivity (Wildman–Crippen MR) is 82.9 cm³/mol. The van der Waals surface area contributed by atoms with E-state index >= 15 is 0 Å². The largest absolute Gasteiger partial charge is 0.321 e. The minimum absolute atomic E-state index is 0.165. The first-order valence-corrected chi connectivity index (χ1v) is 7.04. The Morgan fingerprint density at radius 1 is 1.26 bits per heavy atom. The van der Waals surface area contributed by atoms with Gasteiger partial charge in [0.1, 0.15) is 5.82 Å².